The van der Waals surface area contributed by atoms with E-state index in [0.29, 0.717) is 12.7 Å². The zero-order chi connectivity index (χ0) is 16.8. The maximum absolute atomic E-state index is 11.3. The van der Waals surface area contributed by atoms with Gasteiger partial charge in [-0.1, -0.05) is 53.6 Å². The molecule has 3 N–H and O–H groups in total. The van der Waals surface area contributed by atoms with Crippen molar-refractivity contribution in [3.63, 3.8) is 0 Å². The Morgan fingerprint density at radius 1 is 1.14 bits per heavy atom. The highest BCUT2D eigenvalue weighted by Gasteiger charge is 2.43. The van der Waals surface area contributed by atoms with Gasteiger partial charge in [0, 0.05) is 11.6 Å². The van der Waals surface area contributed by atoms with Crippen LogP contribution in [-0.4, -0.2) is 47.6 Å². The molecule has 0 aliphatic rings. The summed E-state index contributed by atoms with van der Waals surface area (Å²) in [7, 11) is -1.99. The van der Waals surface area contributed by atoms with Gasteiger partial charge in [-0.2, -0.15) is 0 Å². The van der Waals surface area contributed by atoms with Crippen molar-refractivity contribution in [2.24, 2.45) is 5.92 Å². The SMILES string of the molecule is CCCCC(O)[C@H](O)[C@@H](C=O)CC(O)[Si](C)(C)C(C)(C)C. The predicted molar refractivity (Wildman–Crippen MR) is 88.9 cm³/mol. The van der Waals surface area contributed by atoms with Crippen molar-refractivity contribution in [2.75, 3.05) is 0 Å². The Kier molecular flexibility index (Phi) is 8.32. The monoisotopic (exact) mass is 318 g/mol. The summed E-state index contributed by atoms with van der Waals surface area (Å²) in [6.45, 7) is 12.5. The van der Waals surface area contributed by atoms with Crippen molar-refractivity contribution >= 4 is 14.4 Å². The van der Waals surface area contributed by atoms with Gasteiger partial charge in [-0.15, -0.1) is 0 Å². The van der Waals surface area contributed by atoms with Crippen LogP contribution in [0, 0.1) is 5.92 Å². The van der Waals surface area contributed by atoms with E-state index in [-0.39, 0.29) is 11.5 Å². The molecule has 5 heteroatoms. The molecule has 0 rings (SSSR count). The highest BCUT2D eigenvalue weighted by Crippen LogP contribution is 2.39. The van der Waals surface area contributed by atoms with Crippen molar-refractivity contribution in [2.45, 2.75) is 89.4 Å². The standard InChI is InChI=1S/C16H34O4Si/c1-7-8-9-13(18)15(20)12(11-17)10-14(19)21(5,6)16(2,3)4/h11-15,18-20H,7-10H2,1-6H3/t12-,13?,14?,15-/m1/s1. The summed E-state index contributed by atoms with van der Waals surface area (Å²) in [5.41, 5.74) is -0.583. The Balaban J connectivity index is 4.80. The number of carbonyl (C=O) groups is 1. The molecule has 0 saturated heterocycles. The summed E-state index contributed by atoms with van der Waals surface area (Å²) in [6, 6.07) is 0. The van der Waals surface area contributed by atoms with Gasteiger partial charge in [0.1, 0.15) is 6.29 Å². The summed E-state index contributed by atoms with van der Waals surface area (Å²) in [5.74, 6) is -0.707. The van der Waals surface area contributed by atoms with Crippen molar-refractivity contribution in [1.29, 1.82) is 0 Å². The van der Waals surface area contributed by atoms with Crippen molar-refractivity contribution in [3.05, 3.63) is 0 Å². The molecule has 0 aliphatic carbocycles. The molecule has 21 heavy (non-hydrogen) atoms. The quantitative estimate of drug-likeness (QED) is 0.451. The molecule has 0 heterocycles. The first-order valence-electron chi connectivity index (χ1n) is 7.98. The lowest BCUT2D eigenvalue weighted by molar-refractivity contribution is -0.119. The van der Waals surface area contributed by atoms with Crippen LogP contribution in [-0.2, 0) is 4.79 Å². The third-order valence-corrected chi connectivity index (χ3v) is 10.9. The van der Waals surface area contributed by atoms with E-state index >= 15 is 0 Å². The topological polar surface area (TPSA) is 77.8 Å². The van der Waals surface area contributed by atoms with Crippen LogP contribution < -0.4 is 0 Å². The van der Waals surface area contributed by atoms with Crippen LogP contribution in [0.3, 0.4) is 0 Å². The number of carbonyl (C=O) groups excluding carboxylic acids is 1. The van der Waals surface area contributed by atoms with Crippen LogP contribution in [0.5, 0.6) is 0 Å². The number of aliphatic hydroxyl groups is 3. The second-order valence-electron chi connectivity index (χ2n) is 7.72. The van der Waals surface area contributed by atoms with Gasteiger partial charge >= 0.3 is 0 Å². The second-order valence-corrected chi connectivity index (χ2v) is 13.3. The molecule has 4 nitrogen and oxygen atoms in total. The molecule has 0 spiro atoms. The van der Waals surface area contributed by atoms with E-state index in [0.717, 1.165) is 12.8 Å². The Hall–Kier alpha value is -0.233. The van der Waals surface area contributed by atoms with E-state index in [2.05, 4.69) is 33.9 Å². The number of hydrogen-bond acceptors (Lipinski definition) is 4. The van der Waals surface area contributed by atoms with E-state index in [9.17, 15) is 20.1 Å². The molecule has 0 aromatic heterocycles. The number of rotatable bonds is 9. The van der Waals surface area contributed by atoms with Gasteiger partial charge in [0.05, 0.1) is 20.3 Å². The molecular weight excluding hydrogens is 284 g/mol. The van der Waals surface area contributed by atoms with Crippen LogP contribution in [0.2, 0.25) is 18.1 Å². The van der Waals surface area contributed by atoms with Crippen molar-refractivity contribution in [3.8, 4) is 0 Å². The summed E-state index contributed by atoms with van der Waals surface area (Å²) in [4.78, 5) is 11.3. The number of unbranched alkanes of at least 4 members (excludes halogenated alkanes) is 1. The second kappa shape index (κ2) is 8.41. The Morgan fingerprint density at radius 2 is 1.67 bits per heavy atom. The van der Waals surface area contributed by atoms with Gasteiger partial charge in [0.15, 0.2) is 0 Å². The first-order valence-corrected chi connectivity index (χ1v) is 11.1. The van der Waals surface area contributed by atoms with E-state index < -0.39 is 31.9 Å². The van der Waals surface area contributed by atoms with E-state index in [1.165, 1.54) is 0 Å². The molecule has 0 bridgehead atoms. The zero-order valence-electron chi connectivity index (χ0n) is 14.5. The third kappa shape index (κ3) is 5.81. The van der Waals surface area contributed by atoms with Gasteiger partial charge in [-0.3, -0.25) is 0 Å². The highest BCUT2D eigenvalue weighted by molar-refractivity contribution is 6.81. The fraction of sp³-hybridized carbons (Fsp3) is 0.938. The minimum Gasteiger partial charge on any atom is -0.396 e. The lowest BCUT2D eigenvalue weighted by Crippen LogP contribution is -2.51. The lowest BCUT2D eigenvalue weighted by Gasteiger charge is -2.41. The van der Waals surface area contributed by atoms with Crippen molar-refractivity contribution in [1.82, 2.24) is 0 Å². The molecule has 0 aromatic carbocycles. The largest absolute Gasteiger partial charge is 0.396 e. The summed E-state index contributed by atoms with van der Waals surface area (Å²) >= 11 is 0. The van der Waals surface area contributed by atoms with Crippen LogP contribution in [0.25, 0.3) is 0 Å². The van der Waals surface area contributed by atoms with Gasteiger partial charge in [0.2, 0.25) is 0 Å². The molecular formula is C16H34O4Si. The average molecular weight is 319 g/mol. The van der Waals surface area contributed by atoms with E-state index in [1.807, 2.05) is 6.92 Å². The molecule has 126 valence electrons. The molecule has 0 amide bonds. The van der Waals surface area contributed by atoms with Gasteiger partial charge in [0.25, 0.3) is 0 Å². The molecule has 4 atom stereocenters. The first kappa shape index (κ1) is 20.8. The van der Waals surface area contributed by atoms with Gasteiger partial charge in [-0.25, -0.2) is 0 Å². The van der Waals surface area contributed by atoms with Crippen LogP contribution in [0.4, 0.5) is 0 Å². The normalized spacial score (nSPS) is 18.9. The van der Waals surface area contributed by atoms with Crippen molar-refractivity contribution < 1.29 is 20.1 Å². The maximum Gasteiger partial charge on any atom is 0.125 e. The summed E-state index contributed by atoms with van der Waals surface area (Å²) in [5, 5.41) is 30.6. The molecule has 0 saturated carbocycles. The van der Waals surface area contributed by atoms with E-state index in [4.69, 9.17) is 0 Å². The Morgan fingerprint density at radius 3 is 2.05 bits per heavy atom. The number of hydrogen-bond donors (Lipinski definition) is 3. The Labute approximate surface area is 130 Å². The third-order valence-electron chi connectivity index (χ3n) is 5.12. The molecule has 0 radical (unpaired) electrons. The summed E-state index contributed by atoms with van der Waals surface area (Å²) < 4.78 is 0. The Bertz CT molecular complexity index is 312. The number of aldehydes is 1. The van der Waals surface area contributed by atoms with E-state index in [1.54, 1.807) is 0 Å². The minimum atomic E-state index is -1.99. The molecule has 2 unspecified atom stereocenters. The average Bonchev–Trinajstić information content (AvgIpc) is 2.39. The van der Waals surface area contributed by atoms with Crippen LogP contribution >= 0.6 is 0 Å². The lowest BCUT2D eigenvalue weighted by atomic mass is 9.93. The number of aliphatic hydroxyl groups excluding tert-OH is 3. The fourth-order valence-electron chi connectivity index (χ4n) is 2.20. The predicted octanol–water partition coefficient (Wildman–Crippen LogP) is 2.51. The highest BCUT2D eigenvalue weighted by atomic mass is 28.3. The van der Waals surface area contributed by atoms with Crippen LogP contribution in [0.1, 0.15) is 53.4 Å². The molecule has 0 aliphatic heterocycles. The van der Waals surface area contributed by atoms with Gasteiger partial charge in [-0.05, 0) is 17.9 Å². The first-order chi connectivity index (χ1) is 9.48. The zero-order valence-corrected chi connectivity index (χ0v) is 15.5. The minimum absolute atomic E-state index is 0.00559. The summed E-state index contributed by atoms with van der Waals surface area (Å²) in [6.07, 6.45) is 1.15. The molecule has 0 aromatic rings. The maximum atomic E-state index is 11.3. The van der Waals surface area contributed by atoms with Gasteiger partial charge < -0.3 is 20.1 Å². The molecule has 0 fully saturated rings. The van der Waals surface area contributed by atoms with Crippen LogP contribution in [0.15, 0.2) is 0 Å². The smallest absolute Gasteiger partial charge is 0.125 e. The fourth-order valence-corrected chi connectivity index (χ4v) is 4.06.